The zero-order chi connectivity index (χ0) is 21.4. The molecule has 5 rings (SSSR count). The summed E-state index contributed by atoms with van der Waals surface area (Å²) >= 11 is 0. The van der Waals surface area contributed by atoms with Gasteiger partial charge in [-0.1, -0.05) is 0 Å². The Morgan fingerprint density at radius 1 is 1.00 bits per heavy atom. The molecule has 0 saturated heterocycles. The van der Waals surface area contributed by atoms with Crippen molar-refractivity contribution in [3.8, 4) is 17.2 Å². The van der Waals surface area contributed by atoms with Gasteiger partial charge in [0, 0.05) is 18.1 Å². The van der Waals surface area contributed by atoms with Crippen molar-refractivity contribution in [3.63, 3.8) is 0 Å². The molecule has 3 heterocycles. The second-order valence-corrected chi connectivity index (χ2v) is 8.03. The fourth-order valence-electron chi connectivity index (χ4n) is 4.68. The van der Waals surface area contributed by atoms with Crippen LogP contribution in [0.4, 0.5) is 14.5 Å². The third-order valence-electron chi connectivity index (χ3n) is 6.06. The molecule has 0 aromatic heterocycles. The van der Waals surface area contributed by atoms with Gasteiger partial charge >= 0.3 is 6.61 Å². The fourth-order valence-corrected chi connectivity index (χ4v) is 4.68. The molecule has 0 unspecified atom stereocenters. The predicted octanol–water partition coefficient (Wildman–Crippen LogP) is 3.71. The Kier molecular flexibility index (Phi) is 5.17. The van der Waals surface area contributed by atoms with Gasteiger partial charge in [0.2, 0.25) is 0 Å². The molecule has 31 heavy (non-hydrogen) atoms. The number of rotatable bonds is 4. The molecule has 0 aliphatic carbocycles. The van der Waals surface area contributed by atoms with E-state index in [0.717, 1.165) is 43.8 Å². The molecule has 0 amide bonds. The Labute approximate surface area is 179 Å². The van der Waals surface area contributed by atoms with Gasteiger partial charge in [0.15, 0.2) is 18.0 Å². The molecule has 0 radical (unpaired) electrons. The lowest BCUT2D eigenvalue weighted by molar-refractivity contribution is -0.534. The van der Waals surface area contributed by atoms with Crippen molar-refractivity contribution in [2.75, 3.05) is 31.2 Å². The number of fused-ring (bicyclic) bond motifs is 1. The number of alkyl halides is 2. The maximum absolute atomic E-state index is 12.5. The van der Waals surface area contributed by atoms with E-state index in [4.69, 9.17) is 9.47 Å². The molecule has 6 nitrogen and oxygen atoms in total. The van der Waals surface area contributed by atoms with E-state index in [1.807, 2.05) is 23.1 Å². The van der Waals surface area contributed by atoms with Gasteiger partial charge in [-0.15, -0.1) is 0 Å². The second-order valence-electron chi connectivity index (χ2n) is 8.03. The highest BCUT2D eigenvalue weighted by atomic mass is 19.3. The third-order valence-corrected chi connectivity index (χ3v) is 6.06. The van der Waals surface area contributed by atoms with E-state index in [0.29, 0.717) is 36.8 Å². The summed E-state index contributed by atoms with van der Waals surface area (Å²) in [6.45, 7) is -0.632. The summed E-state index contributed by atoms with van der Waals surface area (Å²) in [6, 6.07) is 11.9. The fraction of sp³-hybridized carbons (Fsp3) is 0.435. The SMILES string of the molecule is O[C@]1(c2ccc(OC(F)F)cc2)C[N+]2=C(CCCCC2)N1c1ccc2c(c1)OCCO2. The van der Waals surface area contributed by atoms with E-state index in [2.05, 4.69) is 9.31 Å². The number of aliphatic hydroxyl groups is 1. The van der Waals surface area contributed by atoms with Crippen LogP contribution in [0.3, 0.4) is 0 Å². The first kappa shape index (κ1) is 20.1. The summed E-state index contributed by atoms with van der Waals surface area (Å²) in [5.74, 6) is 2.46. The van der Waals surface area contributed by atoms with E-state index < -0.39 is 12.3 Å². The standard InChI is InChI=1S/C23H25F2N2O4/c24-22(25)31-18-8-5-16(6-9-18)23(28)15-26-11-3-1-2-4-21(26)27(23)17-7-10-19-20(14-17)30-13-12-29-19/h5-10,14,22,28H,1-4,11-13,15H2/q+1/t23-/m0/s1. The van der Waals surface area contributed by atoms with Gasteiger partial charge in [-0.2, -0.15) is 13.7 Å². The van der Waals surface area contributed by atoms with Crippen molar-refractivity contribution in [2.45, 2.75) is 38.0 Å². The van der Waals surface area contributed by atoms with E-state index in [9.17, 15) is 13.9 Å². The van der Waals surface area contributed by atoms with Crippen molar-refractivity contribution in [1.82, 2.24) is 0 Å². The van der Waals surface area contributed by atoms with Crippen LogP contribution in [-0.4, -0.2) is 48.4 Å². The van der Waals surface area contributed by atoms with E-state index in [1.54, 1.807) is 12.1 Å². The molecule has 0 spiro atoms. The maximum Gasteiger partial charge on any atom is 0.387 e. The molecule has 1 atom stereocenters. The summed E-state index contributed by atoms with van der Waals surface area (Å²) in [6.07, 6.45) is 4.11. The smallest absolute Gasteiger partial charge is 0.387 e. The number of ether oxygens (including phenoxy) is 3. The summed E-state index contributed by atoms with van der Waals surface area (Å²) < 4.78 is 43.2. The van der Waals surface area contributed by atoms with Crippen molar-refractivity contribution >= 4 is 11.5 Å². The minimum absolute atomic E-state index is 0.0633. The van der Waals surface area contributed by atoms with E-state index >= 15 is 0 Å². The van der Waals surface area contributed by atoms with Crippen LogP contribution >= 0.6 is 0 Å². The molecule has 3 aliphatic rings. The zero-order valence-electron chi connectivity index (χ0n) is 17.1. The van der Waals surface area contributed by atoms with E-state index in [1.165, 1.54) is 12.1 Å². The molecule has 164 valence electrons. The highest BCUT2D eigenvalue weighted by Gasteiger charge is 2.54. The average molecular weight is 431 g/mol. The highest BCUT2D eigenvalue weighted by Crippen LogP contribution is 2.42. The van der Waals surface area contributed by atoms with Crippen LogP contribution in [0.2, 0.25) is 0 Å². The van der Waals surface area contributed by atoms with Crippen molar-refractivity contribution in [1.29, 1.82) is 0 Å². The molecular formula is C23H25F2N2O4+. The molecule has 2 aromatic rings. The molecule has 0 fully saturated rings. The van der Waals surface area contributed by atoms with Gasteiger partial charge in [0.05, 0.1) is 6.54 Å². The van der Waals surface area contributed by atoms with Gasteiger partial charge in [-0.05, 0) is 55.7 Å². The van der Waals surface area contributed by atoms with Crippen LogP contribution in [0.5, 0.6) is 17.2 Å². The van der Waals surface area contributed by atoms with Crippen molar-refractivity contribution in [3.05, 3.63) is 48.0 Å². The number of hydrogen-bond donors (Lipinski definition) is 1. The maximum atomic E-state index is 12.5. The lowest BCUT2D eigenvalue weighted by Crippen LogP contribution is -2.47. The van der Waals surface area contributed by atoms with Gasteiger partial charge in [-0.3, -0.25) is 4.58 Å². The van der Waals surface area contributed by atoms with Crippen LogP contribution in [0.15, 0.2) is 42.5 Å². The summed E-state index contributed by atoms with van der Waals surface area (Å²) in [5, 5.41) is 12.0. The number of nitrogens with zero attached hydrogens (tertiary/aromatic N) is 2. The van der Waals surface area contributed by atoms with Crippen LogP contribution < -0.4 is 19.1 Å². The Balaban J connectivity index is 1.56. The Hall–Kier alpha value is -2.87. The first-order valence-corrected chi connectivity index (χ1v) is 10.6. The number of halogens is 2. The van der Waals surface area contributed by atoms with Crippen molar-refractivity contribution < 1.29 is 32.7 Å². The summed E-state index contributed by atoms with van der Waals surface area (Å²) in [7, 11) is 0. The first-order chi connectivity index (χ1) is 15.0. The van der Waals surface area contributed by atoms with E-state index in [-0.39, 0.29) is 5.75 Å². The average Bonchev–Trinajstić information content (AvgIpc) is 2.89. The van der Waals surface area contributed by atoms with Crippen molar-refractivity contribution in [2.24, 2.45) is 0 Å². The van der Waals surface area contributed by atoms with Gasteiger partial charge in [0.1, 0.15) is 24.7 Å². The topological polar surface area (TPSA) is 54.2 Å². The molecule has 1 N–H and O–H groups in total. The number of amidine groups is 1. The minimum atomic E-state index is -2.89. The van der Waals surface area contributed by atoms with Crippen LogP contribution in [0, 0.1) is 0 Å². The monoisotopic (exact) mass is 431 g/mol. The predicted molar refractivity (Wildman–Crippen MR) is 110 cm³/mol. The molecule has 0 saturated carbocycles. The molecular weight excluding hydrogens is 406 g/mol. The number of benzene rings is 2. The number of anilines is 1. The van der Waals surface area contributed by atoms with Gasteiger partial charge < -0.3 is 19.3 Å². The number of hydrogen-bond acceptors (Lipinski definition) is 5. The molecule has 0 bridgehead atoms. The van der Waals surface area contributed by atoms with Crippen LogP contribution in [0.1, 0.15) is 31.2 Å². The highest BCUT2D eigenvalue weighted by molar-refractivity contribution is 5.97. The normalized spacial score (nSPS) is 23.0. The van der Waals surface area contributed by atoms with Gasteiger partial charge in [-0.25, -0.2) is 0 Å². The van der Waals surface area contributed by atoms with Crippen LogP contribution in [-0.2, 0) is 5.72 Å². The summed E-state index contributed by atoms with van der Waals surface area (Å²) in [5.41, 5.74) is 0.0726. The Morgan fingerprint density at radius 3 is 2.55 bits per heavy atom. The summed E-state index contributed by atoms with van der Waals surface area (Å²) in [4.78, 5) is 1.96. The molecule has 8 heteroatoms. The van der Waals surface area contributed by atoms with Gasteiger partial charge in [0.25, 0.3) is 11.6 Å². The second kappa shape index (κ2) is 8.00. The minimum Gasteiger partial charge on any atom is -0.486 e. The third kappa shape index (κ3) is 3.69. The molecule has 3 aliphatic heterocycles. The molecule has 2 aromatic carbocycles. The lowest BCUT2D eigenvalue weighted by Gasteiger charge is -2.30. The first-order valence-electron chi connectivity index (χ1n) is 10.6. The quantitative estimate of drug-likeness (QED) is 0.748. The Morgan fingerprint density at radius 2 is 1.77 bits per heavy atom. The largest absolute Gasteiger partial charge is 0.486 e. The van der Waals surface area contributed by atoms with Crippen LogP contribution in [0.25, 0.3) is 0 Å². The Bertz CT molecular complexity index is 996. The zero-order valence-corrected chi connectivity index (χ0v) is 17.1. The lowest BCUT2D eigenvalue weighted by atomic mass is 9.99.